The van der Waals surface area contributed by atoms with Gasteiger partial charge in [-0.15, -0.1) is 11.8 Å². The molecule has 0 aliphatic heterocycles. The minimum Gasteiger partial charge on any atom is -0.289 e. The van der Waals surface area contributed by atoms with Crippen molar-refractivity contribution < 1.29 is 8.78 Å². The fourth-order valence-corrected chi connectivity index (χ4v) is 3.48. The Morgan fingerprint density at radius 1 is 1.04 bits per heavy atom. The van der Waals surface area contributed by atoms with Gasteiger partial charge in [0.25, 0.3) is 5.56 Å². The van der Waals surface area contributed by atoms with Crippen LogP contribution in [0.1, 0.15) is 5.69 Å². The van der Waals surface area contributed by atoms with E-state index in [9.17, 15) is 13.6 Å². The van der Waals surface area contributed by atoms with Gasteiger partial charge in [0.1, 0.15) is 0 Å². The smallest absolute Gasteiger partial charge is 0.272 e. The summed E-state index contributed by atoms with van der Waals surface area (Å²) in [7, 11) is 0. The number of rotatable bonds is 4. The second-order valence-corrected chi connectivity index (χ2v) is 6.67. The first-order valence-electron chi connectivity index (χ1n) is 7.86. The van der Waals surface area contributed by atoms with Gasteiger partial charge in [-0.25, -0.2) is 18.3 Å². The Hall–Kier alpha value is -2.93. The molecule has 2 heterocycles. The lowest BCUT2D eigenvalue weighted by molar-refractivity contribution is 0.491. The van der Waals surface area contributed by atoms with Gasteiger partial charge in [0.05, 0.1) is 11.4 Å². The summed E-state index contributed by atoms with van der Waals surface area (Å²) in [6.45, 7) is 0. The average Bonchev–Trinajstić information content (AvgIpc) is 3.08. The van der Waals surface area contributed by atoms with Crippen molar-refractivity contribution in [1.29, 1.82) is 0 Å². The van der Waals surface area contributed by atoms with E-state index in [2.05, 4.69) is 10.1 Å². The lowest BCUT2D eigenvalue weighted by atomic mass is 10.2. The molecule has 1 N–H and O–H groups in total. The van der Waals surface area contributed by atoms with Crippen molar-refractivity contribution in [3.8, 4) is 11.3 Å². The van der Waals surface area contributed by atoms with Gasteiger partial charge in [-0.3, -0.25) is 9.89 Å². The lowest BCUT2D eigenvalue weighted by Gasteiger charge is -2.03. The highest BCUT2D eigenvalue weighted by Crippen LogP contribution is 2.26. The molecule has 0 saturated heterocycles. The van der Waals surface area contributed by atoms with Gasteiger partial charge in [-0.05, 0) is 17.7 Å². The third-order valence-corrected chi connectivity index (χ3v) is 4.95. The molecule has 0 spiro atoms. The van der Waals surface area contributed by atoms with Crippen LogP contribution in [0, 0.1) is 11.6 Å². The summed E-state index contributed by atoms with van der Waals surface area (Å²) < 4.78 is 28.4. The fraction of sp³-hybridized carbons (Fsp3) is 0.0526. The molecule has 2 aromatic carbocycles. The number of hydrogen-bond donors (Lipinski definition) is 1. The second-order valence-electron chi connectivity index (χ2n) is 5.66. The summed E-state index contributed by atoms with van der Waals surface area (Å²) in [5.74, 6) is -1.52. The van der Waals surface area contributed by atoms with Crippen molar-refractivity contribution in [2.24, 2.45) is 0 Å². The molecule has 0 unspecified atom stereocenters. The molecule has 26 heavy (non-hydrogen) atoms. The van der Waals surface area contributed by atoms with Crippen LogP contribution in [0.4, 0.5) is 8.78 Å². The topological polar surface area (TPSA) is 50.2 Å². The summed E-state index contributed by atoms with van der Waals surface area (Å²) in [5, 5.41) is 3.02. The molecule has 4 nitrogen and oxygen atoms in total. The number of aromatic nitrogens is 3. The standard InChI is InChI=1S/C19H13F2N3OS/c20-14-7-4-8-16(19(14)21)26-11-13-9-18(25)24-17(22-13)10-15(23-24)12-5-2-1-3-6-12/h1-10,23H,11H2. The van der Waals surface area contributed by atoms with E-state index in [1.807, 2.05) is 30.3 Å². The van der Waals surface area contributed by atoms with Crippen molar-refractivity contribution in [2.75, 3.05) is 0 Å². The van der Waals surface area contributed by atoms with E-state index >= 15 is 0 Å². The molecule has 0 atom stereocenters. The van der Waals surface area contributed by atoms with E-state index in [1.54, 1.807) is 6.07 Å². The summed E-state index contributed by atoms with van der Waals surface area (Å²) in [4.78, 5) is 17.0. The number of thioether (sulfide) groups is 1. The summed E-state index contributed by atoms with van der Waals surface area (Å²) in [6, 6.07) is 16.8. The maximum Gasteiger partial charge on any atom is 0.272 e. The highest BCUT2D eigenvalue weighted by molar-refractivity contribution is 7.98. The van der Waals surface area contributed by atoms with Crippen LogP contribution in [0.15, 0.2) is 70.4 Å². The molecule has 2 aromatic heterocycles. The highest BCUT2D eigenvalue weighted by atomic mass is 32.2. The SMILES string of the molecule is O=c1cc(CSc2cccc(F)c2F)nc2cc(-c3ccccc3)[nH]n12. The summed E-state index contributed by atoms with van der Waals surface area (Å²) >= 11 is 1.10. The molecule has 4 rings (SSSR count). The van der Waals surface area contributed by atoms with E-state index in [4.69, 9.17) is 0 Å². The first-order valence-corrected chi connectivity index (χ1v) is 8.84. The van der Waals surface area contributed by atoms with Crippen molar-refractivity contribution in [2.45, 2.75) is 10.6 Å². The van der Waals surface area contributed by atoms with Gasteiger partial charge < -0.3 is 0 Å². The lowest BCUT2D eigenvalue weighted by Crippen LogP contribution is -2.15. The van der Waals surface area contributed by atoms with Crippen molar-refractivity contribution in [1.82, 2.24) is 14.6 Å². The van der Waals surface area contributed by atoms with Crippen LogP contribution in [0.25, 0.3) is 16.9 Å². The van der Waals surface area contributed by atoms with E-state index in [-0.39, 0.29) is 16.2 Å². The average molecular weight is 369 g/mol. The first kappa shape index (κ1) is 16.5. The monoisotopic (exact) mass is 369 g/mol. The van der Waals surface area contributed by atoms with Gasteiger partial charge >= 0.3 is 0 Å². The van der Waals surface area contributed by atoms with Gasteiger partial charge in [0.2, 0.25) is 0 Å². The van der Waals surface area contributed by atoms with Crippen molar-refractivity contribution in [3.05, 3.63) is 88.3 Å². The van der Waals surface area contributed by atoms with E-state index in [0.29, 0.717) is 11.3 Å². The van der Waals surface area contributed by atoms with E-state index < -0.39 is 11.6 Å². The van der Waals surface area contributed by atoms with Crippen LogP contribution >= 0.6 is 11.8 Å². The number of aromatic amines is 1. The number of nitrogens with one attached hydrogen (secondary N) is 1. The Labute approximate surface area is 151 Å². The van der Waals surface area contributed by atoms with Crippen LogP contribution in [-0.4, -0.2) is 14.6 Å². The first-order chi connectivity index (χ1) is 12.6. The third-order valence-electron chi connectivity index (χ3n) is 3.88. The van der Waals surface area contributed by atoms with Crippen LogP contribution < -0.4 is 5.56 Å². The van der Waals surface area contributed by atoms with Crippen molar-refractivity contribution >= 4 is 17.4 Å². The van der Waals surface area contributed by atoms with Gasteiger partial charge in [0, 0.05) is 22.8 Å². The van der Waals surface area contributed by atoms with Crippen LogP contribution in [-0.2, 0) is 5.75 Å². The Morgan fingerprint density at radius 2 is 1.85 bits per heavy atom. The van der Waals surface area contributed by atoms with Crippen LogP contribution in [0.3, 0.4) is 0 Å². The van der Waals surface area contributed by atoms with E-state index in [1.165, 1.54) is 22.7 Å². The second kappa shape index (κ2) is 6.76. The van der Waals surface area contributed by atoms with Crippen molar-refractivity contribution in [3.63, 3.8) is 0 Å². The number of hydrogen-bond acceptors (Lipinski definition) is 3. The molecule has 0 fully saturated rings. The van der Waals surface area contributed by atoms with Crippen LogP contribution in [0.2, 0.25) is 0 Å². The number of nitrogens with zero attached hydrogens (tertiary/aromatic N) is 2. The molecule has 0 radical (unpaired) electrons. The van der Waals surface area contributed by atoms with Gasteiger partial charge in [0.15, 0.2) is 17.3 Å². The molecule has 4 aromatic rings. The normalized spacial score (nSPS) is 11.2. The summed E-state index contributed by atoms with van der Waals surface area (Å²) in [5.41, 5.74) is 2.44. The Bertz CT molecular complexity index is 1140. The zero-order chi connectivity index (χ0) is 18.1. The number of H-pyrrole nitrogens is 1. The van der Waals surface area contributed by atoms with Crippen LogP contribution in [0.5, 0.6) is 0 Å². The predicted octanol–water partition coefficient (Wildman–Crippen LogP) is 4.26. The zero-order valence-electron chi connectivity index (χ0n) is 13.4. The highest BCUT2D eigenvalue weighted by Gasteiger charge is 2.11. The molecule has 0 aliphatic rings. The minimum atomic E-state index is -0.892. The molecule has 0 saturated carbocycles. The minimum absolute atomic E-state index is 0.186. The Kier molecular flexibility index (Phi) is 4.30. The molecule has 130 valence electrons. The molecule has 0 amide bonds. The van der Waals surface area contributed by atoms with Gasteiger partial charge in [-0.2, -0.15) is 0 Å². The maximum atomic E-state index is 13.7. The Balaban J connectivity index is 1.65. The summed E-state index contributed by atoms with van der Waals surface area (Å²) in [6.07, 6.45) is 0. The molecular weight excluding hydrogens is 356 g/mol. The Morgan fingerprint density at radius 3 is 2.65 bits per heavy atom. The molecule has 0 bridgehead atoms. The zero-order valence-corrected chi connectivity index (χ0v) is 14.3. The molecule has 0 aliphatic carbocycles. The third kappa shape index (κ3) is 3.13. The predicted molar refractivity (Wildman–Crippen MR) is 97.2 cm³/mol. The molecule has 7 heteroatoms. The molecular formula is C19H13F2N3OS. The fourth-order valence-electron chi connectivity index (χ4n) is 2.63. The van der Waals surface area contributed by atoms with Gasteiger partial charge in [-0.1, -0.05) is 36.4 Å². The number of benzene rings is 2. The quantitative estimate of drug-likeness (QED) is 0.547. The number of halogens is 2. The maximum absolute atomic E-state index is 13.7. The number of fused-ring (bicyclic) bond motifs is 1. The van der Waals surface area contributed by atoms with E-state index in [0.717, 1.165) is 29.1 Å². The largest absolute Gasteiger partial charge is 0.289 e.